The number of pyridine rings is 1. The number of carboxylic acid groups (broad SMARTS) is 1. The van der Waals surface area contributed by atoms with Crippen molar-refractivity contribution in [1.29, 1.82) is 0 Å². The van der Waals surface area contributed by atoms with E-state index in [4.69, 9.17) is 5.11 Å². The number of hydrogen-bond donors (Lipinski definition) is 1. The Morgan fingerprint density at radius 2 is 1.88 bits per heavy atom. The Morgan fingerprint density at radius 1 is 1.23 bits per heavy atom. The summed E-state index contributed by atoms with van der Waals surface area (Å²) < 4.78 is 1.65. The highest BCUT2D eigenvalue weighted by Gasteiger charge is 2.33. The Balaban J connectivity index is 1.80. The van der Waals surface area contributed by atoms with Crippen molar-refractivity contribution < 1.29 is 14.5 Å². The number of nitrogens with zero attached hydrogens (tertiary/aromatic N) is 2. The van der Waals surface area contributed by atoms with Crippen molar-refractivity contribution in [3.05, 3.63) is 59.4 Å². The van der Waals surface area contributed by atoms with Crippen LogP contribution in [0.4, 0.5) is 5.69 Å². The van der Waals surface area contributed by atoms with Gasteiger partial charge in [0.25, 0.3) is 0 Å². The summed E-state index contributed by atoms with van der Waals surface area (Å²) in [5.41, 5.74) is 5.14. The fraction of sp³-hybridized carbons (Fsp3) is 0.364. The van der Waals surface area contributed by atoms with Crippen molar-refractivity contribution in [2.24, 2.45) is 0 Å². The van der Waals surface area contributed by atoms with Gasteiger partial charge in [0, 0.05) is 30.4 Å². The molecule has 4 heteroatoms. The van der Waals surface area contributed by atoms with Gasteiger partial charge in [0.15, 0.2) is 12.4 Å². The lowest BCUT2D eigenvalue weighted by molar-refractivity contribution is -0.685. The lowest BCUT2D eigenvalue weighted by Crippen LogP contribution is -2.45. The molecular weight excluding hydrogens is 324 g/mol. The number of benzene rings is 1. The Bertz CT molecular complexity index is 838. The summed E-state index contributed by atoms with van der Waals surface area (Å²) in [6, 6.07) is 10.5. The average molecular weight is 351 g/mol. The molecule has 1 aromatic heterocycles. The summed E-state index contributed by atoms with van der Waals surface area (Å²) in [7, 11) is 2.18. The second-order valence-corrected chi connectivity index (χ2v) is 7.83. The van der Waals surface area contributed by atoms with Gasteiger partial charge in [-0.25, -0.2) is 4.79 Å². The molecule has 0 aliphatic carbocycles. The molecule has 1 unspecified atom stereocenters. The summed E-state index contributed by atoms with van der Waals surface area (Å²) in [4.78, 5) is 13.1. The molecule has 1 aliphatic heterocycles. The van der Waals surface area contributed by atoms with Crippen LogP contribution in [0.25, 0.3) is 12.2 Å². The predicted molar refractivity (Wildman–Crippen MR) is 105 cm³/mol. The first kappa shape index (κ1) is 18.2. The summed E-state index contributed by atoms with van der Waals surface area (Å²) in [6.07, 6.45) is 8.91. The lowest BCUT2D eigenvalue weighted by atomic mass is 9.80. The van der Waals surface area contributed by atoms with Crippen molar-refractivity contribution in [3.63, 3.8) is 0 Å². The number of aliphatic carboxylic acids is 1. The van der Waals surface area contributed by atoms with Crippen molar-refractivity contribution in [2.45, 2.75) is 45.2 Å². The minimum atomic E-state index is -0.838. The SMILES string of the molecule is CC1CC(C)(C)N(C)c2ccc(C=Cc3cc[n+](CC(=O)O)cc3)cc21. The van der Waals surface area contributed by atoms with Crippen LogP contribution in [0.1, 0.15) is 49.8 Å². The number of carbonyl (C=O) groups is 1. The third-order valence-corrected chi connectivity index (χ3v) is 5.36. The van der Waals surface area contributed by atoms with Gasteiger partial charge >= 0.3 is 5.97 Å². The second kappa shape index (κ2) is 6.94. The third-order valence-electron chi connectivity index (χ3n) is 5.36. The molecule has 1 N–H and O–H groups in total. The standard InChI is InChI=1S/C22H26N2O2/c1-16-14-22(2,3)23(4)20-8-7-18(13-19(16)20)6-5-17-9-11-24(12-10-17)15-21(25)26/h5-13,16H,14-15H2,1-4H3/p+1. The Hall–Kier alpha value is -2.62. The molecule has 0 radical (unpaired) electrons. The van der Waals surface area contributed by atoms with Crippen molar-refractivity contribution in [2.75, 3.05) is 11.9 Å². The first-order chi connectivity index (χ1) is 12.3. The summed E-state index contributed by atoms with van der Waals surface area (Å²) >= 11 is 0. The van der Waals surface area contributed by atoms with E-state index >= 15 is 0 Å². The maximum Gasteiger partial charge on any atom is 0.370 e. The number of carboxylic acids is 1. The van der Waals surface area contributed by atoms with Crippen LogP contribution in [-0.4, -0.2) is 23.7 Å². The van der Waals surface area contributed by atoms with Crippen molar-refractivity contribution in [1.82, 2.24) is 0 Å². The van der Waals surface area contributed by atoms with Crippen LogP contribution in [0.5, 0.6) is 0 Å². The maximum atomic E-state index is 10.7. The number of fused-ring (bicyclic) bond motifs is 1. The summed E-state index contributed by atoms with van der Waals surface area (Å²) in [5.74, 6) is -0.300. The molecule has 1 aromatic carbocycles. The van der Waals surface area contributed by atoms with E-state index in [2.05, 4.69) is 63.1 Å². The molecule has 1 atom stereocenters. The topological polar surface area (TPSA) is 44.4 Å². The Morgan fingerprint density at radius 3 is 2.54 bits per heavy atom. The van der Waals surface area contributed by atoms with Crippen LogP contribution in [-0.2, 0) is 11.3 Å². The van der Waals surface area contributed by atoms with E-state index in [-0.39, 0.29) is 12.1 Å². The van der Waals surface area contributed by atoms with Gasteiger partial charge in [-0.05, 0) is 55.0 Å². The predicted octanol–water partition coefficient (Wildman–Crippen LogP) is 3.95. The second-order valence-electron chi connectivity index (χ2n) is 7.83. The molecule has 136 valence electrons. The van der Waals surface area contributed by atoms with Crippen LogP contribution in [0.3, 0.4) is 0 Å². The van der Waals surface area contributed by atoms with Gasteiger partial charge in [0.2, 0.25) is 6.54 Å². The fourth-order valence-corrected chi connectivity index (χ4v) is 3.73. The smallest absolute Gasteiger partial charge is 0.370 e. The van der Waals surface area contributed by atoms with E-state index in [0.29, 0.717) is 5.92 Å². The molecule has 1 aliphatic rings. The first-order valence-corrected chi connectivity index (χ1v) is 9.03. The molecule has 4 nitrogen and oxygen atoms in total. The van der Waals surface area contributed by atoms with Crippen molar-refractivity contribution >= 4 is 23.8 Å². The largest absolute Gasteiger partial charge is 0.477 e. The van der Waals surface area contributed by atoms with Crippen molar-refractivity contribution in [3.8, 4) is 0 Å². The van der Waals surface area contributed by atoms with Gasteiger partial charge in [-0.3, -0.25) is 0 Å². The maximum absolute atomic E-state index is 10.7. The van der Waals surface area contributed by atoms with E-state index in [1.807, 2.05) is 12.1 Å². The molecule has 2 aromatic rings. The van der Waals surface area contributed by atoms with Crippen LogP contribution < -0.4 is 9.47 Å². The number of hydrogen-bond acceptors (Lipinski definition) is 2. The minimum Gasteiger partial charge on any atom is -0.477 e. The van der Waals surface area contributed by atoms with E-state index in [0.717, 1.165) is 12.0 Å². The zero-order chi connectivity index (χ0) is 18.9. The van der Waals surface area contributed by atoms with Gasteiger partial charge in [-0.15, -0.1) is 0 Å². The molecule has 0 saturated heterocycles. The van der Waals surface area contributed by atoms with Crippen LogP contribution in [0.15, 0.2) is 42.7 Å². The van der Waals surface area contributed by atoms with Gasteiger partial charge in [0.1, 0.15) is 0 Å². The number of aromatic nitrogens is 1. The molecule has 2 heterocycles. The highest BCUT2D eigenvalue weighted by Crippen LogP contribution is 2.42. The van der Waals surface area contributed by atoms with E-state index in [1.54, 1.807) is 17.0 Å². The normalized spacial score (nSPS) is 18.8. The van der Waals surface area contributed by atoms with Crippen LogP contribution in [0, 0.1) is 0 Å². The number of rotatable bonds is 4. The Kier molecular flexibility index (Phi) is 4.86. The zero-order valence-electron chi connectivity index (χ0n) is 15.9. The highest BCUT2D eigenvalue weighted by molar-refractivity contribution is 5.72. The lowest BCUT2D eigenvalue weighted by Gasteiger charge is -2.45. The van der Waals surface area contributed by atoms with Gasteiger partial charge in [-0.2, -0.15) is 4.57 Å². The van der Waals surface area contributed by atoms with Gasteiger partial charge < -0.3 is 10.0 Å². The zero-order valence-corrected chi connectivity index (χ0v) is 15.9. The van der Waals surface area contributed by atoms with Gasteiger partial charge in [-0.1, -0.05) is 25.1 Å². The quantitative estimate of drug-likeness (QED) is 0.848. The molecule has 0 saturated carbocycles. The molecule has 0 spiro atoms. The molecule has 0 fully saturated rings. The molecule has 3 rings (SSSR count). The van der Waals surface area contributed by atoms with Gasteiger partial charge in [0.05, 0.1) is 0 Å². The molecule has 26 heavy (non-hydrogen) atoms. The monoisotopic (exact) mass is 351 g/mol. The summed E-state index contributed by atoms with van der Waals surface area (Å²) in [6.45, 7) is 6.88. The minimum absolute atomic E-state index is 0.0173. The molecule has 0 bridgehead atoms. The third kappa shape index (κ3) is 3.79. The molecule has 0 amide bonds. The fourth-order valence-electron chi connectivity index (χ4n) is 3.73. The average Bonchev–Trinajstić information content (AvgIpc) is 2.58. The Labute approximate surface area is 155 Å². The van der Waals surface area contributed by atoms with E-state index < -0.39 is 5.97 Å². The van der Waals surface area contributed by atoms with Crippen LogP contribution >= 0.6 is 0 Å². The van der Waals surface area contributed by atoms with Crippen LogP contribution in [0.2, 0.25) is 0 Å². The summed E-state index contributed by atoms with van der Waals surface area (Å²) in [5, 5.41) is 8.82. The highest BCUT2D eigenvalue weighted by atomic mass is 16.4. The first-order valence-electron chi connectivity index (χ1n) is 9.03. The number of anilines is 1. The van der Waals surface area contributed by atoms with E-state index in [1.165, 1.54) is 16.8 Å². The van der Waals surface area contributed by atoms with E-state index in [9.17, 15) is 4.79 Å². The molecular formula is C22H27N2O2+.